The number of benzene rings is 2. The number of carbonyl (C=O) groups excluding carboxylic acids is 2. The molecule has 0 radical (unpaired) electrons. The van der Waals surface area contributed by atoms with Crippen molar-refractivity contribution >= 4 is 29.1 Å². The molecule has 0 atom stereocenters. The van der Waals surface area contributed by atoms with Crippen molar-refractivity contribution in [3.63, 3.8) is 0 Å². The van der Waals surface area contributed by atoms with Gasteiger partial charge in [0.25, 0.3) is 0 Å². The molecular formula is C19H17NO2S. The Morgan fingerprint density at radius 3 is 2.48 bits per heavy atom. The van der Waals surface area contributed by atoms with Crippen molar-refractivity contribution in [2.45, 2.75) is 25.2 Å². The quantitative estimate of drug-likeness (QED) is 0.777. The van der Waals surface area contributed by atoms with Crippen LogP contribution in [0.2, 0.25) is 0 Å². The van der Waals surface area contributed by atoms with E-state index in [1.54, 1.807) is 11.1 Å². The summed E-state index contributed by atoms with van der Waals surface area (Å²) in [7, 11) is 0. The van der Waals surface area contributed by atoms with Gasteiger partial charge in [-0.15, -0.1) is 0 Å². The minimum absolute atomic E-state index is 0.0217. The molecule has 23 heavy (non-hydrogen) atoms. The standard InChI is InChI=1S/C19H17NO2S/c1-3-18(21)20(14-10-8-13(2)9-11-14)12-17-19(22)15-6-4-5-7-16(15)23-17/h4-12H,3H2,1-2H3/b17-12+. The summed E-state index contributed by atoms with van der Waals surface area (Å²) in [5.74, 6) is -0.0580. The highest BCUT2D eigenvalue weighted by Gasteiger charge is 2.27. The number of nitrogens with zero attached hydrogens (tertiary/aromatic N) is 1. The van der Waals surface area contributed by atoms with Gasteiger partial charge in [-0.05, 0) is 31.2 Å². The van der Waals surface area contributed by atoms with Crippen LogP contribution in [0.4, 0.5) is 5.69 Å². The van der Waals surface area contributed by atoms with Crippen LogP contribution < -0.4 is 4.90 Å². The first-order valence-corrected chi connectivity index (χ1v) is 8.34. The molecule has 0 unspecified atom stereocenters. The number of fused-ring (bicyclic) bond motifs is 1. The molecule has 0 aliphatic carbocycles. The molecule has 1 amide bonds. The summed E-state index contributed by atoms with van der Waals surface area (Å²) in [5.41, 5.74) is 2.61. The van der Waals surface area contributed by atoms with Crippen molar-refractivity contribution in [3.05, 3.63) is 70.8 Å². The fraction of sp³-hybridized carbons (Fsp3) is 0.158. The molecule has 0 saturated carbocycles. The molecule has 1 heterocycles. The Balaban J connectivity index is 1.98. The Bertz CT molecular complexity index is 793. The van der Waals surface area contributed by atoms with E-state index in [1.807, 2.05) is 62.4 Å². The number of anilines is 1. The van der Waals surface area contributed by atoms with Gasteiger partial charge in [0.15, 0.2) is 0 Å². The van der Waals surface area contributed by atoms with Crippen LogP contribution >= 0.6 is 11.8 Å². The number of carbonyl (C=O) groups is 2. The lowest BCUT2D eigenvalue weighted by Crippen LogP contribution is -2.25. The maximum Gasteiger partial charge on any atom is 0.230 e. The number of amides is 1. The van der Waals surface area contributed by atoms with E-state index < -0.39 is 0 Å². The zero-order chi connectivity index (χ0) is 16.4. The molecule has 1 aliphatic rings. The van der Waals surface area contributed by atoms with Crippen LogP contribution in [0.25, 0.3) is 0 Å². The molecule has 3 rings (SSSR count). The van der Waals surface area contributed by atoms with Gasteiger partial charge in [0, 0.05) is 28.8 Å². The third-order valence-corrected chi connectivity index (χ3v) is 4.79. The Morgan fingerprint density at radius 1 is 1.13 bits per heavy atom. The van der Waals surface area contributed by atoms with Crippen LogP contribution in [0.1, 0.15) is 29.3 Å². The van der Waals surface area contributed by atoms with E-state index in [0.29, 0.717) is 16.9 Å². The second-order valence-electron chi connectivity index (χ2n) is 5.37. The third-order valence-electron chi connectivity index (χ3n) is 3.71. The molecule has 2 aromatic rings. The van der Waals surface area contributed by atoms with Crippen LogP contribution in [-0.4, -0.2) is 11.7 Å². The Labute approximate surface area is 140 Å². The van der Waals surface area contributed by atoms with Gasteiger partial charge in [-0.25, -0.2) is 0 Å². The maximum absolute atomic E-state index is 12.5. The van der Waals surface area contributed by atoms with Crippen LogP contribution in [0, 0.1) is 6.92 Å². The second-order valence-corrected chi connectivity index (χ2v) is 6.46. The van der Waals surface area contributed by atoms with E-state index in [1.165, 1.54) is 11.8 Å². The lowest BCUT2D eigenvalue weighted by Gasteiger charge is -2.19. The summed E-state index contributed by atoms with van der Waals surface area (Å²) in [4.78, 5) is 27.9. The summed E-state index contributed by atoms with van der Waals surface area (Å²) in [6.07, 6.45) is 2.05. The van der Waals surface area contributed by atoms with E-state index in [-0.39, 0.29) is 11.7 Å². The maximum atomic E-state index is 12.5. The first-order valence-electron chi connectivity index (χ1n) is 7.52. The molecular weight excluding hydrogens is 306 g/mol. The van der Waals surface area contributed by atoms with E-state index >= 15 is 0 Å². The number of rotatable bonds is 3. The summed E-state index contributed by atoms with van der Waals surface area (Å²) < 4.78 is 0. The van der Waals surface area contributed by atoms with Crippen LogP contribution in [0.5, 0.6) is 0 Å². The zero-order valence-electron chi connectivity index (χ0n) is 13.1. The van der Waals surface area contributed by atoms with Crippen molar-refractivity contribution in [2.24, 2.45) is 0 Å². The lowest BCUT2D eigenvalue weighted by molar-refractivity contribution is -0.117. The smallest absolute Gasteiger partial charge is 0.230 e. The number of aryl methyl sites for hydroxylation is 1. The van der Waals surface area contributed by atoms with Gasteiger partial charge < -0.3 is 0 Å². The highest BCUT2D eigenvalue weighted by Crippen LogP contribution is 2.40. The Hall–Kier alpha value is -2.33. The predicted molar refractivity (Wildman–Crippen MR) is 93.7 cm³/mol. The van der Waals surface area contributed by atoms with Crippen molar-refractivity contribution in [2.75, 3.05) is 4.90 Å². The molecule has 3 nitrogen and oxygen atoms in total. The van der Waals surface area contributed by atoms with Crippen molar-refractivity contribution in [1.82, 2.24) is 0 Å². The summed E-state index contributed by atoms with van der Waals surface area (Å²) >= 11 is 1.42. The van der Waals surface area contributed by atoms with Gasteiger partial charge in [0.2, 0.25) is 11.7 Å². The van der Waals surface area contributed by atoms with Crippen LogP contribution in [-0.2, 0) is 4.79 Å². The SMILES string of the molecule is CCC(=O)N(/C=C1/Sc2ccccc2C1=O)c1ccc(C)cc1. The van der Waals surface area contributed by atoms with E-state index in [4.69, 9.17) is 0 Å². The van der Waals surface area contributed by atoms with Crippen molar-refractivity contribution < 1.29 is 9.59 Å². The summed E-state index contributed by atoms with van der Waals surface area (Å²) in [5, 5.41) is 0. The minimum atomic E-state index is -0.0364. The van der Waals surface area contributed by atoms with E-state index in [9.17, 15) is 9.59 Å². The normalized spacial score (nSPS) is 14.9. The monoisotopic (exact) mass is 323 g/mol. The summed E-state index contributed by atoms with van der Waals surface area (Å²) in [6.45, 7) is 3.82. The average molecular weight is 323 g/mol. The lowest BCUT2D eigenvalue weighted by atomic mass is 10.1. The van der Waals surface area contributed by atoms with Gasteiger partial charge in [0.05, 0.1) is 4.91 Å². The number of allylic oxidation sites excluding steroid dienone is 1. The van der Waals surface area contributed by atoms with Crippen LogP contribution in [0.15, 0.2) is 64.5 Å². The molecule has 0 spiro atoms. The second kappa shape index (κ2) is 6.42. The highest BCUT2D eigenvalue weighted by molar-refractivity contribution is 8.04. The minimum Gasteiger partial charge on any atom is -0.288 e. The fourth-order valence-electron chi connectivity index (χ4n) is 2.41. The Morgan fingerprint density at radius 2 is 1.83 bits per heavy atom. The molecule has 0 aromatic heterocycles. The van der Waals surface area contributed by atoms with Gasteiger partial charge in [0.1, 0.15) is 0 Å². The number of Topliss-reactive ketones (excluding diaryl/α,β-unsaturated/α-hetero) is 1. The molecule has 1 aliphatic heterocycles. The van der Waals surface area contributed by atoms with Gasteiger partial charge >= 0.3 is 0 Å². The topological polar surface area (TPSA) is 37.4 Å². The number of thioether (sulfide) groups is 1. The fourth-order valence-corrected chi connectivity index (χ4v) is 3.42. The average Bonchev–Trinajstić information content (AvgIpc) is 2.89. The molecule has 0 N–H and O–H groups in total. The molecule has 4 heteroatoms. The van der Waals surface area contributed by atoms with Crippen molar-refractivity contribution in [1.29, 1.82) is 0 Å². The van der Waals surface area contributed by atoms with Crippen molar-refractivity contribution in [3.8, 4) is 0 Å². The van der Waals surface area contributed by atoms with Crippen LogP contribution in [0.3, 0.4) is 0 Å². The van der Waals surface area contributed by atoms with Gasteiger partial charge in [-0.3, -0.25) is 14.5 Å². The molecule has 2 aromatic carbocycles. The highest BCUT2D eigenvalue weighted by atomic mass is 32.2. The number of ketones is 1. The molecule has 0 fully saturated rings. The largest absolute Gasteiger partial charge is 0.288 e. The number of hydrogen-bond donors (Lipinski definition) is 0. The number of hydrogen-bond acceptors (Lipinski definition) is 3. The molecule has 116 valence electrons. The molecule has 0 saturated heterocycles. The van der Waals surface area contributed by atoms with Gasteiger partial charge in [-0.2, -0.15) is 0 Å². The summed E-state index contributed by atoms with van der Waals surface area (Å²) in [6, 6.07) is 15.2. The Kier molecular flexibility index (Phi) is 4.35. The zero-order valence-corrected chi connectivity index (χ0v) is 13.9. The molecule has 0 bridgehead atoms. The predicted octanol–water partition coefficient (Wildman–Crippen LogP) is 4.57. The third kappa shape index (κ3) is 3.08. The first-order chi connectivity index (χ1) is 11.1. The van der Waals surface area contributed by atoms with E-state index in [2.05, 4.69) is 0 Å². The van der Waals surface area contributed by atoms with E-state index in [0.717, 1.165) is 16.1 Å². The first kappa shape index (κ1) is 15.6. The van der Waals surface area contributed by atoms with Gasteiger partial charge in [-0.1, -0.05) is 48.5 Å².